The molecule has 7 nitrogen and oxygen atoms in total. The summed E-state index contributed by atoms with van der Waals surface area (Å²) in [7, 11) is 0. The van der Waals surface area contributed by atoms with Crippen LogP contribution in [0.5, 0.6) is 0 Å². The second-order valence-corrected chi connectivity index (χ2v) is 9.88. The van der Waals surface area contributed by atoms with Gasteiger partial charge in [-0.25, -0.2) is 9.50 Å². The van der Waals surface area contributed by atoms with Crippen molar-refractivity contribution in [2.24, 2.45) is 0 Å². The van der Waals surface area contributed by atoms with Gasteiger partial charge in [0.15, 0.2) is 17.0 Å². The Morgan fingerprint density at radius 1 is 1.06 bits per heavy atom. The zero-order valence-corrected chi connectivity index (χ0v) is 20.5. The molecule has 184 valence electrons. The Bertz CT molecular complexity index is 1590. The minimum absolute atomic E-state index is 0.0942. The van der Waals surface area contributed by atoms with E-state index in [2.05, 4.69) is 20.5 Å². The number of rotatable bonds is 5. The van der Waals surface area contributed by atoms with Crippen LogP contribution < -0.4 is 5.32 Å². The number of aromatic nitrogens is 5. The van der Waals surface area contributed by atoms with Gasteiger partial charge in [0.05, 0.1) is 27.1 Å². The predicted molar refractivity (Wildman–Crippen MR) is 132 cm³/mol. The quantitative estimate of drug-likeness (QED) is 0.291. The van der Waals surface area contributed by atoms with Crippen molar-refractivity contribution in [2.45, 2.75) is 26.6 Å². The average molecular weight is 531 g/mol. The van der Waals surface area contributed by atoms with Gasteiger partial charge in [0.2, 0.25) is 0 Å². The van der Waals surface area contributed by atoms with Crippen LogP contribution in [0.25, 0.3) is 16.2 Å². The molecular weight excluding hydrogens is 513 g/mol. The molecule has 0 bridgehead atoms. The van der Waals surface area contributed by atoms with Crippen molar-refractivity contribution in [2.75, 3.05) is 5.32 Å². The van der Waals surface area contributed by atoms with Crippen LogP contribution in [0.3, 0.4) is 0 Å². The molecule has 0 aliphatic heterocycles. The average Bonchev–Trinajstić information content (AvgIpc) is 3.52. The highest BCUT2D eigenvalue weighted by atomic mass is 35.5. The van der Waals surface area contributed by atoms with Crippen LogP contribution in [0.2, 0.25) is 4.34 Å². The van der Waals surface area contributed by atoms with Gasteiger partial charge in [-0.15, -0.1) is 11.3 Å². The van der Waals surface area contributed by atoms with E-state index >= 15 is 0 Å². The van der Waals surface area contributed by atoms with E-state index in [0.717, 1.165) is 34.4 Å². The van der Waals surface area contributed by atoms with Crippen LogP contribution in [-0.4, -0.2) is 30.3 Å². The molecule has 0 spiro atoms. The number of hydrogen-bond acceptors (Lipinski definition) is 5. The molecule has 0 aliphatic carbocycles. The Labute approximate surface area is 212 Å². The number of hydrogen-bond donors (Lipinski definition) is 1. The maximum atomic E-state index is 13.8. The lowest BCUT2D eigenvalue weighted by atomic mass is 10.2. The number of anilines is 1. The molecule has 0 aliphatic rings. The largest absolute Gasteiger partial charge is 0.433 e. The second-order valence-electron chi connectivity index (χ2n) is 8.16. The van der Waals surface area contributed by atoms with Gasteiger partial charge in [-0.3, -0.25) is 9.48 Å². The lowest BCUT2D eigenvalue weighted by Crippen LogP contribution is -2.15. The maximum absolute atomic E-state index is 13.8. The third-order valence-corrected chi connectivity index (χ3v) is 6.68. The molecule has 1 aromatic carbocycles. The predicted octanol–water partition coefficient (Wildman–Crippen LogP) is 6.24. The number of halogens is 4. The standard InChI is InChI=1S/C24H18ClF3N6OS/c1-13-9-14(2)33(31-13)12-15-3-5-16(6-4-15)29-23(35)18-11-22-30-17(19-7-8-21(25)36-19)10-20(24(26,27)28)34(22)32-18/h3-11H,12H2,1-2H3,(H,29,35). The van der Waals surface area contributed by atoms with Crippen molar-refractivity contribution in [3.8, 4) is 10.6 Å². The molecule has 4 heterocycles. The van der Waals surface area contributed by atoms with Crippen LogP contribution in [0, 0.1) is 13.8 Å². The lowest BCUT2D eigenvalue weighted by molar-refractivity contribution is -0.142. The van der Waals surface area contributed by atoms with Gasteiger partial charge in [0, 0.05) is 17.4 Å². The van der Waals surface area contributed by atoms with E-state index in [1.807, 2.05) is 36.7 Å². The first kappa shape index (κ1) is 24.0. The molecule has 1 amide bonds. The molecule has 0 radical (unpaired) electrons. The number of aryl methyl sites for hydroxylation is 2. The molecule has 0 atom stereocenters. The fourth-order valence-electron chi connectivity index (χ4n) is 3.76. The number of amides is 1. The fourth-order valence-corrected chi connectivity index (χ4v) is 4.77. The van der Waals surface area contributed by atoms with Gasteiger partial charge < -0.3 is 5.32 Å². The summed E-state index contributed by atoms with van der Waals surface area (Å²) in [6.45, 7) is 4.47. The Morgan fingerprint density at radius 2 is 1.81 bits per heavy atom. The molecule has 5 aromatic rings. The number of benzene rings is 1. The number of thiophene rings is 1. The number of carbonyl (C=O) groups is 1. The van der Waals surface area contributed by atoms with Crippen molar-refractivity contribution < 1.29 is 18.0 Å². The van der Waals surface area contributed by atoms with Gasteiger partial charge in [-0.2, -0.15) is 23.4 Å². The molecule has 1 N–H and O–H groups in total. The third kappa shape index (κ3) is 4.84. The van der Waals surface area contributed by atoms with E-state index in [1.165, 1.54) is 6.07 Å². The number of alkyl halides is 3. The summed E-state index contributed by atoms with van der Waals surface area (Å²) in [5.41, 5.74) is 2.18. The van der Waals surface area contributed by atoms with E-state index in [0.29, 0.717) is 26.0 Å². The smallest absolute Gasteiger partial charge is 0.321 e. The number of fused-ring (bicyclic) bond motifs is 1. The Morgan fingerprint density at radius 3 is 2.42 bits per heavy atom. The van der Waals surface area contributed by atoms with Crippen LogP contribution in [-0.2, 0) is 12.7 Å². The minimum atomic E-state index is -4.71. The molecule has 5 rings (SSSR count). The second kappa shape index (κ2) is 9.07. The van der Waals surface area contributed by atoms with Crippen molar-refractivity contribution in [1.29, 1.82) is 0 Å². The van der Waals surface area contributed by atoms with Crippen LogP contribution in [0.4, 0.5) is 18.9 Å². The van der Waals surface area contributed by atoms with Crippen molar-refractivity contribution >= 4 is 40.2 Å². The Kier molecular flexibility index (Phi) is 6.05. The number of nitrogens with one attached hydrogen (secondary N) is 1. The highest BCUT2D eigenvalue weighted by molar-refractivity contribution is 7.19. The van der Waals surface area contributed by atoms with E-state index in [9.17, 15) is 18.0 Å². The highest BCUT2D eigenvalue weighted by Gasteiger charge is 2.35. The summed E-state index contributed by atoms with van der Waals surface area (Å²) in [5.74, 6) is -0.652. The van der Waals surface area contributed by atoms with Gasteiger partial charge in [0.25, 0.3) is 5.91 Å². The Hall–Kier alpha value is -3.70. The molecule has 12 heteroatoms. The molecule has 0 fully saturated rings. The summed E-state index contributed by atoms with van der Waals surface area (Å²) >= 11 is 7.04. The SMILES string of the molecule is Cc1cc(C)n(Cc2ccc(NC(=O)c3cc4nc(-c5ccc(Cl)s5)cc(C(F)(F)F)n4n3)cc2)n1. The summed E-state index contributed by atoms with van der Waals surface area (Å²) < 4.78 is 44.3. The van der Waals surface area contributed by atoms with E-state index in [4.69, 9.17) is 11.6 Å². The first-order chi connectivity index (χ1) is 17.1. The van der Waals surface area contributed by atoms with E-state index in [-0.39, 0.29) is 17.0 Å². The van der Waals surface area contributed by atoms with Crippen molar-refractivity contribution in [1.82, 2.24) is 24.4 Å². The number of nitrogens with zero attached hydrogens (tertiary/aromatic N) is 5. The van der Waals surface area contributed by atoms with Gasteiger partial charge in [-0.05, 0) is 55.8 Å². The monoisotopic (exact) mass is 530 g/mol. The molecule has 0 unspecified atom stereocenters. The molecule has 0 saturated heterocycles. The van der Waals surface area contributed by atoms with E-state index in [1.54, 1.807) is 24.3 Å². The summed E-state index contributed by atoms with van der Waals surface area (Å²) in [6.07, 6.45) is -4.71. The van der Waals surface area contributed by atoms with Gasteiger partial charge >= 0.3 is 6.18 Å². The fraction of sp³-hybridized carbons (Fsp3) is 0.167. The lowest BCUT2D eigenvalue weighted by Gasteiger charge is -2.10. The topological polar surface area (TPSA) is 77.1 Å². The zero-order chi connectivity index (χ0) is 25.6. The minimum Gasteiger partial charge on any atom is -0.321 e. The first-order valence-electron chi connectivity index (χ1n) is 10.7. The van der Waals surface area contributed by atoms with Crippen molar-refractivity contribution in [3.05, 3.63) is 87.3 Å². The van der Waals surface area contributed by atoms with Gasteiger partial charge in [0.1, 0.15) is 0 Å². The Balaban J connectivity index is 1.40. The highest BCUT2D eigenvalue weighted by Crippen LogP contribution is 2.35. The summed E-state index contributed by atoms with van der Waals surface area (Å²) in [5, 5.41) is 11.0. The molecule has 36 heavy (non-hydrogen) atoms. The molecular formula is C24H18ClF3N6OS. The van der Waals surface area contributed by atoms with Gasteiger partial charge in [-0.1, -0.05) is 23.7 Å². The zero-order valence-electron chi connectivity index (χ0n) is 19.0. The summed E-state index contributed by atoms with van der Waals surface area (Å²) in [4.78, 5) is 17.5. The normalized spacial score (nSPS) is 11.8. The maximum Gasteiger partial charge on any atom is 0.433 e. The first-order valence-corrected chi connectivity index (χ1v) is 11.9. The van der Waals surface area contributed by atoms with Crippen LogP contribution >= 0.6 is 22.9 Å². The van der Waals surface area contributed by atoms with Crippen molar-refractivity contribution in [3.63, 3.8) is 0 Å². The number of carbonyl (C=O) groups excluding carboxylic acids is 1. The molecule has 0 saturated carbocycles. The van der Waals surface area contributed by atoms with E-state index < -0.39 is 17.8 Å². The summed E-state index contributed by atoms with van der Waals surface area (Å²) in [6, 6.07) is 14.4. The molecule has 4 aromatic heterocycles. The third-order valence-electron chi connectivity index (χ3n) is 5.42. The van der Waals surface area contributed by atoms with Crippen LogP contribution in [0.1, 0.15) is 33.1 Å². The van der Waals surface area contributed by atoms with Crippen LogP contribution in [0.15, 0.2) is 54.6 Å².